The van der Waals surface area contributed by atoms with Gasteiger partial charge in [-0.2, -0.15) is 0 Å². The highest BCUT2D eigenvalue weighted by molar-refractivity contribution is 5.74. The van der Waals surface area contributed by atoms with E-state index in [2.05, 4.69) is 4.74 Å². The average molecular weight is 178 g/mol. The fraction of sp³-hybridized carbons (Fsp3) is 0.857. The van der Waals surface area contributed by atoms with E-state index in [-0.39, 0.29) is 13.2 Å². The van der Waals surface area contributed by atoms with Crippen LogP contribution in [0.1, 0.15) is 12.8 Å². The van der Waals surface area contributed by atoms with Crippen molar-refractivity contribution in [1.29, 1.82) is 0 Å². The Kier molecular flexibility index (Phi) is 6.64. The van der Waals surface area contributed by atoms with Crippen molar-refractivity contribution in [2.45, 2.75) is 18.9 Å². The van der Waals surface area contributed by atoms with Crippen molar-refractivity contribution < 1.29 is 24.9 Å². The Balaban J connectivity index is 3.31. The number of hydrogen-bond donors (Lipinski definition) is 3. The molecule has 0 saturated heterocycles. The van der Waals surface area contributed by atoms with Gasteiger partial charge in [-0.15, -0.1) is 0 Å². The van der Waals surface area contributed by atoms with Crippen molar-refractivity contribution >= 4 is 5.97 Å². The summed E-state index contributed by atoms with van der Waals surface area (Å²) in [6.45, 7) is -0.407. The maximum Gasteiger partial charge on any atom is 0.337 e. The summed E-state index contributed by atoms with van der Waals surface area (Å²) < 4.78 is 4.54. The van der Waals surface area contributed by atoms with Crippen LogP contribution in [-0.2, 0) is 9.53 Å². The summed E-state index contributed by atoms with van der Waals surface area (Å²) in [6, 6.07) is 0. The monoisotopic (exact) mass is 178 g/mol. The molecule has 0 amide bonds. The molecule has 3 N–H and O–H groups in total. The van der Waals surface area contributed by atoms with Gasteiger partial charge in [0, 0.05) is 6.61 Å². The molecule has 0 heterocycles. The first kappa shape index (κ1) is 11.4. The van der Waals surface area contributed by atoms with E-state index in [0.717, 1.165) is 0 Å². The van der Waals surface area contributed by atoms with Crippen molar-refractivity contribution in [3.63, 3.8) is 0 Å². The van der Waals surface area contributed by atoms with Gasteiger partial charge in [-0.25, -0.2) is 4.79 Å². The van der Waals surface area contributed by atoms with Gasteiger partial charge >= 0.3 is 5.97 Å². The normalized spacial score (nSPS) is 12.6. The van der Waals surface area contributed by atoms with Crippen LogP contribution in [0.4, 0.5) is 0 Å². The molecule has 0 aliphatic carbocycles. The first-order valence-electron chi connectivity index (χ1n) is 3.78. The van der Waals surface area contributed by atoms with Crippen molar-refractivity contribution in [1.82, 2.24) is 0 Å². The van der Waals surface area contributed by atoms with E-state index in [1.807, 2.05) is 0 Å². The second kappa shape index (κ2) is 7.02. The molecule has 0 aromatic heterocycles. The Bertz CT molecular complexity index is 125. The molecule has 0 spiro atoms. The third kappa shape index (κ3) is 5.06. The van der Waals surface area contributed by atoms with Crippen molar-refractivity contribution in [2.75, 3.05) is 19.8 Å². The Hall–Kier alpha value is -0.650. The second-order valence-corrected chi connectivity index (χ2v) is 2.30. The van der Waals surface area contributed by atoms with Gasteiger partial charge in [0.25, 0.3) is 0 Å². The van der Waals surface area contributed by atoms with E-state index in [1.165, 1.54) is 0 Å². The van der Waals surface area contributed by atoms with E-state index >= 15 is 0 Å². The summed E-state index contributed by atoms with van der Waals surface area (Å²) in [6.07, 6.45) is -0.331. The molecular formula is C7H14O5. The van der Waals surface area contributed by atoms with Crippen LogP contribution in [0, 0.1) is 0 Å². The summed E-state index contributed by atoms with van der Waals surface area (Å²) >= 11 is 0. The zero-order valence-electron chi connectivity index (χ0n) is 6.77. The quantitative estimate of drug-likeness (QED) is 0.346. The Labute approximate surface area is 70.6 Å². The summed E-state index contributed by atoms with van der Waals surface area (Å²) in [7, 11) is 0. The molecule has 0 aromatic rings. The predicted molar refractivity (Wildman–Crippen MR) is 40.4 cm³/mol. The average Bonchev–Trinajstić information content (AvgIpc) is 2.10. The van der Waals surface area contributed by atoms with Gasteiger partial charge in [0.1, 0.15) is 0 Å². The molecule has 0 aliphatic rings. The number of ether oxygens (including phenoxy) is 1. The third-order valence-electron chi connectivity index (χ3n) is 1.24. The first-order chi connectivity index (χ1) is 5.72. The Morgan fingerprint density at radius 1 is 1.33 bits per heavy atom. The predicted octanol–water partition coefficient (Wildman–Crippen LogP) is -1.34. The van der Waals surface area contributed by atoms with Gasteiger partial charge < -0.3 is 20.1 Å². The number of hydrogen-bond acceptors (Lipinski definition) is 5. The summed E-state index contributed by atoms with van der Waals surface area (Å²) in [5.41, 5.74) is 0. The van der Waals surface area contributed by atoms with Crippen LogP contribution in [0.5, 0.6) is 0 Å². The van der Waals surface area contributed by atoms with Crippen LogP contribution in [0.3, 0.4) is 0 Å². The number of rotatable bonds is 6. The largest absolute Gasteiger partial charge is 0.464 e. The molecular weight excluding hydrogens is 164 g/mol. The Morgan fingerprint density at radius 3 is 2.50 bits per heavy atom. The Morgan fingerprint density at radius 2 is 2.00 bits per heavy atom. The van der Waals surface area contributed by atoms with Crippen LogP contribution in [0.15, 0.2) is 0 Å². The molecule has 1 unspecified atom stereocenters. The third-order valence-corrected chi connectivity index (χ3v) is 1.24. The van der Waals surface area contributed by atoms with Gasteiger partial charge in [-0.05, 0) is 12.8 Å². The van der Waals surface area contributed by atoms with Crippen LogP contribution >= 0.6 is 0 Å². The molecule has 0 aromatic carbocycles. The smallest absolute Gasteiger partial charge is 0.337 e. The standard InChI is InChI=1S/C7H14O5/c8-3-1-2-4-12-7(11)6(10)5-9/h6,8-10H,1-5H2. The maximum atomic E-state index is 10.6. The minimum Gasteiger partial charge on any atom is -0.464 e. The molecule has 0 rings (SSSR count). The van der Waals surface area contributed by atoms with E-state index in [9.17, 15) is 4.79 Å². The summed E-state index contributed by atoms with van der Waals surface area (Å²) in [5.74, 6) is -0.824. The SMILES string of the molecule is O=C(OCCCCO)C(O)CO. The fourth-order valence-electron chi connectivity index (χ4n) is 0.557. The van der Waals surface area contributed by atoms with Crippen LogP contribution in [0.25, 0.3) is 0 Å². The van der Waals surface area contributed by atoms with Gasteiger partial charge in [0.05, 0.1) is 13.2 Å². The zero-order valence-corrected chi connectivity index (χ0v) is 6.77. The molecule has 5 nitrogen and oxygen atoms in total. The van der Waals surface area contributed by atoms with E-state index in [1.54, 1.807) is 0 Å². The van der Waals surface area contributed by atoms with Gasteiger partial charge in [-0.1, -0.05) is 0 Å². The number of carbonyl (C=O) groups excluding carboxylic acids is 1. The maximum absolute atomic E-state index is 10.6. The number of carbonyl (C=O) groups is 1. The molecule has 72 valence electrons. The molecule has 1 atom stereocenters. The zero-order chi connectivity index (χ0) is 9.40. The topological polar surface area (TPSA) is 87.0 Å². The van der Waals surface area contributed by atoms with Gasteiger partial charge in [-0.3, -0.25) is 0 Å². The molecule has 0 fully saturated rings. The number of aliphatic hydroxyl groups excluding tert-OH is 3. The number of unbranched alkanes of at least 4 members (excludes halogenated alkanes) is 1. The van der Waals surface area contributed by atoms with Crippen molar-refractivity contribution in [3.05, 3.63) is 0 Å². The highest BCUT2D eigenvalue weighted by atomic mass is 16.5. The first-order valence-corrected chi connectivity index (χ1v) is 3.78. The molecule has 0 aliphatic heterocycles. The van der Waals surface area contributed by atoms with Crippen molar-refractivity contribution in [3.8, 4) is 0 Å². The van der Waals surface area contributed by atoms with Gasteiger partial charge in [0.2, 0.25) is 0 Å². The molecule has 0 radical (unpaired) electrons. The lowest BCUT2D eigenvalue weighted by Gasteiger charge is -2.06. The van der Waals surface area contributed by atoms with E-state index < -0.39 is 18.7 Å². The highest BCUT2D eigenvalue weighted by Crippen LogP contribution is 1.92. The lowest BCUT2D eigenvalue weighted by molar-refractivity contribution is -0.155. The molecule has 0 bridgehead atoms. The van der Waals surface area contributed by atoms with Crippen LogP contribution in [0.2, 0.25) is 0 Å². The molecule has 5 heteroatoms. The molecule has 12 heavy (non-hydrogen) atoms. The summed E-state index contributed by atoms with van der Waals surface area (Å²) in [5, 5.41) is 25.4. The summed E-state index contributed by atoms with van der Waals surface area (Å²) in [4.78, 5) is 10.6. The fourth-order valence-corrected chi connectivity index (χ4v) is 0.557. The minimum atomic E-state index is -1.45. The van der Waals surface area contributed by atoms with Crippen molar-refractivity contribution in [2.24, 2.45) is 0 Å². The highest BCUT2D eigenvalue weighted by Gasteiger charge is 2.14. The van der Waals surface area contributed by atoms with Gasteiger partial charge in [0.15, 0.2) is 6.10 Å². The minimum absolute atomic E-state index is 0.0557. The van der Waals surface area contributed by atoms with Crippen LogP contribution in [-0.4, -0.2) is 47.2 Å². The van der Waals surface area contributed by atoms with E-state index in [4.69, 9.17) is 15.3 Å². The lowest BCUT2D eigenvalue weighted by Crippen LogP contribution is -2.26. The molecule has 0 saturated carbocycles. The van der Waals surface area contributed by atoms with Crippen LogP contribution < -0.4 is 0 Å². The number of aliphatic hydroxyl groups is 3. The van der Waals surface area contributed by atoms with E-state index in [0.29, 0.717) is 12.8 Å². The second-order valence-electron chi connectivity index (χ2n) is 2.30. The lowest BCUT2D eigenvalue weighted by atomic mass is 10.3. The number of esters is 1.